The molecule has 246 valence electrons. The first-order chi connectivity index (χ1) is 20.5. The Morgan fingerprint density at radius 1 is 1.27 bits per heavy atom. The predicted molar refractivity (Wildman–Crippen MR) is 142 cm³/mol. The molecule has 10 N–H and O–H groups in total. The van der Waals surface area contributed by atoms with Crippen LogP contribution in [0.1, 0.15) is 11.8 Å². The van der Waals surface area contributed by atoms with Crippen molar-refractivity contribution in [2.75, 3.05) is 26.1 Å². The van der Waals surface area contributed by atoms with E-state index in [4.69, 9.17) is 36.0 Å². The Hall–Kier alpha value is -1.84. The normalized spacial score (nSPS) is 37.7. The maximum absolute atomic E-state index is 16.1. The van der Waals surface area contributed by atoms with E-state index in [9.17, 15) is 39.9 Å². The average Bonchev–Trinajstić information content (AvgIpc) is 3.49. The topological polar surface area (TPSA) is 303 Å². The number of hydrogen-bond donors (Lipinski definition) is 9. The van der Waals surface area contributed by atoms with Crippen molar-refractivity contribution in [3.8, 4) is 12.3 Å². The third-order valence-electron chi connectivity index (χ3n) is 6.75. The molecule has 2 aromatic heterocycles. The van der Waals surface area contributed by atoms with Crippen LogP contribution in [-0.4, -0.2) is 135 Å². The van der Waals surface area contributed by atoms with Crippen LogP contribution in [0.25, 0.3) is 5.65 Å². The van der Waals surface area contributed by atoms with Crippen molar-refractivity contribution in [1.29, 1.82) is 0 Å². The Morgan fingerprint density at radius 3 is 2.57 bits per heavy atom. The molecule has 24 heteroatoms. The molecule has 0 radical (unpaired) electrons. The van der Waals surface area contributed by atoms with Crippen molar-refractivity contribution in [2.45, 2.75) is 60.5 Å². The van der Waals surface area contributed by atoms with Gasteiger partial charge in [-0.05, 0) is 11.8 Å². The monoisotopic (exact) mass is 691 g/mol. The van der Waals surface area contributed by atoms with Gasteiger partial charge in [0, 0.05) is 7.11 Å². The van der Waals surface area contributed by atoms with Crippen LogP contribution in [0, 0.1) is 12.3 Å². The third kappa shape index (κ3) is 6.39. The lowest BCUT2D eigenvalue weighted by molar-refractivity contribution is -0.292. The number of anilines is 1. The molecule has 20 nitrogen and oxygen atoms in total. The number of phosphoric acid groups is 1. The Kier molecular flexibility index (Phi) is 10.1. The van der Waals surface area contributed by atoms with Crippen molar-refractivity contribution < 1.29 is 77.0 Å². The molecule has 4 heterocycles. The zero-order chi connectivity index (χ0) is 32.8. The fraction of sp³-hybridized carbons (Fsp3) is 0.650. The van der Waals surface area contributed by atoms with Crippen molar-refractivity contribution in [2.24, 2.45) is 0 Å². The standard InChI is InChI=1S/C20H28FN5O15P2S/c1-3-19(36-2)14(8-4-23-16-15(22)24-7-25-26(8)16)39-20(21,18(19)32)6-37-43(35,44)41-42(33,34)40-17-12(31)10(29)11(30)13(38-17)9(28)5-27/h1,4,7,9-14,17-18,27-32H,5-6H2,2H3,(H,33,34)(H,35,44)(H2,22,24,25)/t9-,10?,11?,12?,13?,14-,17?,18-,19-,20+,43?/m0/s1. The number of methoxy groups -OCH3 is 1. The zero-order valence-electron chi connectivity index (χ0n) is 22.2. The van der Waals surface area contributed by atoms with E-state index >= 15 is 4.39 Å². The number of aliphatic hydroxyl groups excluding tert-OH is 6. The van der Waals surface area contributed by atoms with Gasteiger partial charge in [-0.15, -0.1) is 6.42 Å². The van der Waals surface area contributed by atoms with Gasteiger partial charge in [0.1, 0.15) is 49.6 Å². The summed E-state index contributed by atoms with van der Waals surface area (Å²) in [6.45, 7) is -7.46. The quantitative estimate of drug-likeness (QED) is 0.0810. The summed E-state index contributed by atoms with van der Waals surface area (Å²) in [5, 5.41) is 63.8. The highest BCUT2D eigenvalue weighted by Gasteiger charge is 2.67. The first-order valence-electron chi connectivity index (χ1n) is 12.2. The molecule has 2 aliphatic heterocycles. The summed E-state index contributed by atoms with van der Waals surface area (Å²) in [6.07, 6.45) is -8.43. The van der Waals surface area contributed by atoms with Crippen LogP contribution in [0.3, 0.4) is 0 Å². The number of aromatic nitrogens is 4. The van der Waals surface area contributed by atoms with Gasteiger partial charge in [-0.2, -0.15) is 5.10 Å². The number of halogens is 1. The van der Waals surface area contributed by atoms with Crippen molar-refractivity contribution in [3.05, 3.63) is 18.2 Å². The number of rotatable bonds is 11. The Labute approximate surface area is 251 Å². The molecule has 2 aromatic rings. The minimum atomic E-state index is -5.62. The fourth-order valence-corrected chi connectivity index (χ4v) is 7.60. The van der Waals surface area contributed by atoms with E-state index in [-0.39, 0.29) is 17.2 Å². The highest BCUT2D eigenvalue weighted by atomic mass is 32.5. The fourth-order valence-electron chi connectivity index (χ4n) is 4.52. The van der Waals surface area contributed by atoms with Crippen molar-refractivity contribution >= 4 is 37.8 Å². The van der Waals surface area contributed by atoms with E-state index in [1.54, 1.807) is 0 Å². The molecule has 2 saturated heterocycles. The van der Waals surface area contributed by atoms with E-state index in [0.29, 0.717) is 0 Å². The minimum Gasteiger partial charge on any atom is -0.394 e. The van der Waals surface area contributed by atoms with Gasteiger partial charge in [0.05, 0.1) is 18.5 Å². The van der Waals surface area contributed by atoms with Crippen LogP contribution in [0.4, 0.5) is 10.2 Å². The summed E-state index contributed by atoms with van der Waals surface area (Å²) in [5.74, 6) is -1.27. The molecular weight excluding hydrogens is 663 g/mol. The molecule has 2 fully saturated rings. The second-order valence-corrected chi connectivity index (χ2v) is 13.9. The number of nitrogens with zero attached hydrogens (tertiary/aromatic N) is 4. The van der Waals surface area contributed by atoms with Crippen molar-refractivity contribution in [3.63, 3.8) is 0 Å². The molecule has 2 aliphatic rings. The van der Waals surface area contributed by atoms with Gasteiger partial charge in [-0.1, -0.05) is 5.92 Å². The van der Waals surface area contributed by atoms with E-state index < -0.39 is 88.2 Å². The number of aliphatic hydroxyl groups is 6. The molecule has 44 heavy (non-hydrogen) atoms. The lowest BCUT2D eigenvalue weighted by atomic mass is 9.89. The summed E-state index contributed by atoms with van der Waals surface area (Å²) >= 11 is 4.66. The molecule has 0 bridgehead atoms. The van der Waals surface area contributed by atoms with E-state index in [2.05, 4.69) is 41.6 Å². The Bertz CT molecular complexity index is 1500. The van der Waals surface area contributed by atoms with Crippen molar-refractivity contribution in [1.82, 2.24) is 19.6 Å². The summed E-state index contributed by atoms with van der Waals surface area (Å²) in [6, 6.07) is 0. The number of nitrogen functional groups attached to an aromatic ring is 1. The summed E-state index contributed by atoms with van der Waals surface area (Å²) in [7, 11) is -4.58. The van der Waals surface area contributed by atoms with Crippen LogP contribution in [0.5, 0.6) is 0 Å². The number of hydrogen-bond acceptors (Lipinski definition) is 18. The molecule has 7 unspecified atom stereocenters. The van der Waals surface area contributed by atoms with Gasteiger partial charge in [-0.25, -0.2) is 27.7 Å². The number of imidazole rings is 1. The summed E-state index contributed by atoms with van der Waals surface area (Å²) in [4.78, 5) is 28.4. The molecule has 0 saturated carbocycles. The molecule has 4 rings (SSSR count). The number of fused-ring (bicyclic) bond motifs is 1. The van der Waals surface area contributed by atoms with Gasteiger partial charge < -0.3 is 64.9 Å². The van der Waals surface area contributed by atoms with Gasteiger partial charge in [-0.3, -0.25) is 4.52 Å². The maximum atomic E-state index is 16.1. The molecule has 0 aromatic carbocycles. The lowest BCUT2D eigenvalue weighted by Crippen LogP contribution is -2.61. The van der Waals surface area contributed by atoms with E-state index in [1.807, 2.05) is 0 Å². The second-order valence-electron chi connectivity index (χ2n) is 9.48. The molecule has 0 aliphatic carbocycles. The predicted octanol–water partition coefficient (Wildman–Crippen LogP) is -3.65. The van der Waals surface area contributed by atoms with Crippen LogP contribution >= 0.6 is 14.5 Å². The number of terminal acetylenes is 1. The number of ether oxygens (including phenoxy) is 3. The van der Waals surface area contributed by atoms with Crippen LogP contribution in [0.2, 0.25) is 0 Å². The average molecular weight is 691 g/mol. The summed E-state index contributed by atoms with van der Waals surface area (Å²) < 4.78 is 59.4. The van der Waals surface area contributed by atoms with Crippen LogP contribution in [0.15, 0.2) is 12.5 Å². The molecule has 0 spiro atoms. The van der Waals surface area contributed by atoms with Crippen LogP contribution < -0.4 is 5.73 Å². The number of phosphoric ester groups is 1. The molecule has 0 amide bonds. The largest absolute Gasteiger partial charge is 0.481 e. The first kappa shape index (κ1) is 35.0. The SMILES string of the molecule is C#C[C@]1(OC)[C@H](c2cnc3c(N)ncnn23)O[C@](F)(COP(O)(=S)OP(=O)(O)OC2OC([C@@H](O)CO)C(O)C(O)C2O)[C@H]1O. The molecular formula is C20H28FN5O15P2S. The Balaban J connectivity index is 1.50. The first-order valence-corrected chi connectivity index (χ1v) is 16.2. The number of alkyl halides is 1. The smallest absolute Gasteiger partial charge is 0.394 e. The maximum Gasteiger partial charge on any atom is 0.481 e. The molecule has 12 atom stereocenters. The zero-order valence-corrected chi connectivity index (χ0v) is 24.9. The van der Waals surface area contributed by atoms with Gasteiger partial charge in [0.2, 0.25) is 0 Å². The van der Waals surface area contributed by atoms with Crippen LogP contribution in [-0.2, 0) is 43.9 Å². The second kappa shape index (κ2) is 12.7. The lowest BCUT2D eigenvalue weighted by Gasteiger charge is -2.41. The third-order valence-corrected chi connectivity index (χ3v) is 10.2. The number of nitrogens with two attached hydrogens (primary N) is 1. The minimum absolute atomic E-state index is 0.0273. The summed E-state index contributed by atoms with van der Waals surface area (Å²) in [5.41, 5.74) is 3.48. The van der Waals surface area contributed by atoms with Gasteiger partial charge in [0.15, 0.2) is 29.5 Å². The van der Waals surface area contributed by atoms with Gasteiger partial charge in [0.25, 0.3) is 5.85 Å². The highest BCUT2D eigenvalue weighted by molar-refractivity contribution is 8.08. The Morgan fingerprint density at radius 2 is 1.95 bits per heavy atom. The van der Waals surface area contributed by atoms with E-state index in [0.717, 1.165) is 24.1 Å². The van der Waals surface area contributed by atoms with E-state index in [1.165, 1.54) is 0 Å². The highest BCUT2D eigenvalue weighted by Crippen LogP contribution is 2.62. The van der Waals surface area contributed by atoms with Gasteiger partial charge >= 0.3 is 14.5 Å².